The number of methoxy groups -OCH3 is 1. The van der Waals surface area contributed by atoms with Gasteiger partial charge in [0.1, 0.15) is 5.60 Å². The van der Waals surface area contributed by atoms with Crippen LogP contribution in [0.1, 0.15) is 64.9 Å². The number of benzene rings is 1. The Kier molecular flexibility index (Phi) is 8.85. The number of carbonyl (C=O) groups excluding carboxylic acids is 2. The van der Waals surface area contributed by atoms with E-state index in [1.165, 1.54) is 19.3 Å². The third kappa shape index (κ3) is 6.89. The first-order valence-electron chi connectivity index (χ1n) is 14.9. The minimum Gasteiger partial charge on any atom is -0.444 e. The molecule has 2 saturated heterocycles. The largest absolute Gasteiger partial charge is 0.444 e. The maximum atomic E-state index is 13.7. The van der Waals surface area contributed by atoms with Crippen molar-refractivity contribution in [3.05, 3.63) is 23.8 Å². The average molecular weight is 556 g/mol. The Morgan fingerprint density at radius 2 is 1.90 bits per heavy atom. The van der Waals surface area contributed by atoms with Crippen LogP contribution in [0.25, 0.3) is 10.9 Å². The number of amides is 2. The van der Waals surface area contributed by atoms with Crippen molar-refractivity contribution < 1.29 is 23.8 Å². The molecule has 0 radical (unpaired) electrons. The molecule has 3 fully saturated rings. The fraction of sp³-hybridized carbons (Fsp3) is 0.700. The number of aryl methyl sites for hydroxylation is 1. The number of piperidine rings is 1. The van der Waals surface area contributed by atoms with Crippen LogP contribution in [0.15, 0.2) is 18.2 Å². The molecule has 220 valence electrons. The molecule has 0 spiro atoms. The number of hydrogen-bond acceptors (Lipinski definition) is 7. The van der Waals surface area contributed by atoms with Crippen molar-refractivity contribution in [2.75, 3.05) is 51.4 Å². The zero-order valence-corrected chi connectivity index (χ0v) is 24.6. The van der Waals surface area contributed by atoms with Gasteiger partial charge in [0.05, 0.1) is 18.7 Å². The summed E-state index contributed by atoms with van der Waals surface area (Å²) in [6, 6.07) is 6.71. The van der Waals surface area contributed by atoms with E-state index < -0.39 is 17.8 Å². The van der Waals surface area contributed by atoms with Gasteiger partial charge in [0.2, 0.25) is 0 Å². The van der Waals surface area contributed by atoms with Gasteiger partial charge in [-0.2, -0.15) is 5.10 Å². The van der Waals surface area contributed by atoms with Crippen LogP contribution < -0.4 is 4.90 Å². The van der Waals surface area contributed by atoms with Crippen LogP contribution in [0.2, 0.25) is 0 Å². The summed E-state index contributed by atoms with van der Waals surface area (Å²) in [6.07, 6.45) is 5.45. The summed E-state index contributed by atoms with van der Waals surface area (Å²) in [6.45, 7) is 10.5. The number of morpholine rings is 1. The van der Waals surface area contributed by atoms with Crippen molar-refractivity contribution >= 4 is 28.7 Å². The number of carbonyl (C=O) groups is 2. The molecule has 0 unspecified atom stereocenters. The maximum absolute atomic E-state index is 13.7. The second-order valence-electron chi connectivity index (χ2n) is 12.3. The van der Waals surface area contributed by atoms with Gasteiger partial charge in [-0.3, -0.25) is 9.48 Å². The van der Waals surface area contributed by atoms with Crippen LogP contribution in [0, 0.1) is 0 Å². The minimum atomic E-state index is -0.684. The smallest absolute Gasteiger partial charge is 0.410 e. The molecule has 10 heteroatoms. The van der Waals surface area contributed by atoms with Crippen molar-refractivity contribution in [1.82, 2.24) is 19.6 Å². The minimum absolute atomic E-state index is 0.0570. The standard InChI is InChI=1S/C30H45N5O5/c1-30(2,3)40-29(37)33-16-18-39-26(21-33)28(36)34(23-10-11-23)20-22-9-12-24-25(19-22)35(15-8-17-38-4)31-27(24)32-13-6-5-7-14-32/h9,12,19,23,26H,5-8,10-11,13-18,20-21H2,1-4H3/t26-/m1/s1. The molecule has 1 aromatic carbocycles. The molecular formula is C30H45N5O5. The Balaban J connectivity index is 1.34. The Morgan fingerprint density at radius 1 is 1.12 bits per heavy atom. The molecule has 3 aliphatic rings. The van der Waals surface area contributed by atoms with Gasteiger partial charge in [-0.05, 0) is 77.0 Å². The summed E-state index contributed by atoms with van der Waals surface area (Å²) in [5.74, 6) is 1.00. The predicted octanol–water partition coefficient (Wildman–Crippen LogP) is 4.19. The monoisotopic (exact) mass is 555 g/mol. The van der Waals surface area contributed by atoms with Gasteiger partial charge in [0.15, 0.2) is 11.9 Å². The van der Waals surface area contributed by atoms with Crippen LogP contribution in [-0.2, 0) is 32.1 Å². The van der Waals surface area contributed by atoms with Gasteiger partial charge in [-0.1, -0.05) is 6.07 Å². The molecule has 10 nitrogen and oxygen atoms in total. The van der Waals surface area contributed by atoms with Gasteiger partial charge >= 0.3 is 6.09 Å². The first kappa shape index (κ1) is 28.7. The molecule has 3 heterocycles. The zero-order chi connectivity index (χ0) is 28.3. The first-order valence-corrected chi connectivity index (χ1v) is 14.9. The van der Waals surface area contributed by atoms with Crippen LogP contribution in [0.4, 0.5) is 10.6 Å². The highest BCUT2D eigenvalue weighted by Gasteiger charge is 2.39. The molecule has 2 aromatic rings. The summed E-state index contributed by atoms with van der Waals surface area (Å²) >= 11 is 0. The van der Waals surface area contributed by atoms with E-state index in [1.807, 2.05) is 25.7 Å². The number of rotatable bonds is 9. The van der Waals surface area contributed by atoms with E-state index in [9.17, 15) is 9.59 Å². The van der Waals surface area contributed by atoms with Crippen LogP contribution in [0.5, 0.6) is 0 Å². The number of hydrogen-bond donors (Lipinski definition) is 0. The molecular weight excluding hydrogens is 510 g/mol. The van der Waals surface area contributed by atoms with Crippen molar-refractivity contribution in [2.45, 2.75) is 90.1 Å². The maximum Gasteiger partial charge on any atom is 0.410 e. The average Bonchev–Trinajstić information content (AvgIpc) is 3.72. The molecule has 1 aliphatic carbocycles. The molecule has 1 atom stereocenters. The molecule has 1 saturated carbocycles. The zero-order valence-electron chi connectivity index (χ0n) is 24.6. The second kappa shape index (κ2) is 12.3. The van der Waals surface area contributed by atoms with Crippen molar-refractivity contribution in [3.63, 3.8) is 0 Å². The molecule has 1 aromatic heterocycles. The van der Waals surface area contributed by atoms with Crippen LogP contribution in [0.3, 0.4) is 0 Å². The lowest BCUT2D eigenvalue weighted by atomic mass is 10.1. The second-order valence-corrected chi connectivity index (χ2v) is 12.3. The summed E-state index contributed by atoms with van der Waals surface area (Å²) in [5.41, 5.74) is 1.59. The first-order chi connectivity index (χ1) is 19.2. The summed E-state index contributed by atoms with van der Waals surface area (Å²) < 4.78 is 18.8. The third-order valence-electron chi connectivity index (χ3n) is 7.79. The predicted molar refractivity (Wildman–Crippen MR) is 153 cm³/mol. The lowest BCUT2D eigenvalue weighted by molar-refractivity contribution is -0.150. The molecule has 0 bridgehead atoms. The Labute approximate surface area is 237 Å². The van der Waals surface area contributed by atoms with E-state index >= 15 is 0 Å². The Bertz CT molecular complexity index is 1180. The fourth-order valence-corrected chi connectivity index (χ4v) is 5.61. The van der Waals surface area contributed by atoms with E-state index in [0.29, 0.717) is 26.3 Å². The van der Waals surface area contributed by atoms with Gasteiger partial charge in [0, 0.05) is 57.9 Å². The SMILES string of the molecule is COCCCn1nc(N2CCCCC2)c2ccc(CN(C(=O)[C@H]3CN(C(=O)OC(C)(C)C)CCO3)C3CC3)cc21. The lowest BCUT2D eigenvalue weighted by Crippen LogP contribution is -2.53. The Hall–Kier alpha value is -2.85. The Morgan fingerprint density at radius 3 is 2.60 bits per heavy atom. The molecule has 2 aliphatic heterocycles. The summed E-state index contributed by atoms with van der Waals surface area (Å²) in [5, 5.41) is 6.21. The number of fused-ring (bicyclic) bond motifs is 1. The van der Waals surface area contributed by atoms with Gasteiger partial charge in [-0.15, -0.1) is 0 Å². The van der Waals surface area contributed by atoms with Crippen LogP contribution >= 0.6 is 0 Å². The normalized spacial score (nSPS) is 20.1. The fourth-order valence-electron chi connectivity index (χ4n) is 5.61. The number of anilines is 1. The summed E-state index contributed by atoms with van der Waals surface area (Å²) in [4.78, 5) is 32.3. The lowest BCUT2D eigenvalue weighted by Gasteiger charge is -2.36. The highest BCUT2D eigenvalue weighted by molar-refractivity contribution is 5.91. The van der Waals surface area contributed by atoms with E-state index in [4.69, 9.17) is 19.3 Å². The highest BCUT2D eigenvalue weighted by Crippen LogP contribution is 2.33. The quantitative estimate of drug-likeness (QED) is 0.429. The van der Waals surface area contributed by atoms with Crippen molar-refractivity contribution in [3.8, 4) is 0 Å². The summed E-state index contributed by atoms with van der Waals surface area (Å²) in [7, 11) is 1.73. The number of nitrogens with zero attached hydrogens (tertiary/aromatic N) is 5. The van der Waals surface area contributed by atoms with E-state index in [1.54, 1.807) is 12.0 Å². The van der Waals surface area contributed by atoms with Crippen molar-refractivity contribution in [1.29, 1.82) is 0 Å². The topological polar surface area (TPSA) is 89.4 Å². The van der Waals surface area contributed by atoms with Gasteiger partial charge in [0.25, 0.3) is 5.91 Å². The van der Waals surface area contributed by atoms with E-state index in [2.05, 4.69) is 27.8 Å². The molecule has 2 amide bonds. The van der Waals surface area contributed by atoms with Gasteiger partial charge in [-0.25, -0.2) is 4.79 Å². The highest BCUT2D eigenvalue weighted by atomic mass is 16.6. The van der Waals surface area contributed by atoms with Gasteiger partial charge < -0.3 is 28.9 Å². The number of ether oxygens (including phenoxy) is 3. The van der Waals surface area contributed by atoms with Crippen LogP contribution in [-0.4, -0.2) is 95.8 Å². The third-order valence-corrected chi connectivity index (χ3v) is 7.79. The van der Waals surface area contributed by atoms with E-state index in [-0.39, 0.29) is 18.5 Å². The van der Waals surface area contributed by atoms with E-state index in [0.717, 1.165) is 61.2 Å². The molecule has 0 N–H and O–H groups in total. The van der Waals surface area contributed by atoms with Crippen molar-refractivity contribution in [2.24, 2.45) is 0 Å². The molecule has 40 heavy (non-hydrogen) atoms. The number of aromatic nitrogens is 2. The molecule has 5 rings (SSSR count).